The van der Waals surface area contributed by atoms with Crippen LogP contribution in [0.5, 0.6) is 0 Å². The first kappa shape index (κ1) is 16.4. The molecule has 1 saturated heterocycles. The summed E-state index contributed by atoms with van der Waals surface area (Å²) in [5, 5.41) is 10.00. The van der Waals surface area contributed by atoms with Crippen molar-refractivity contribution >= 4 is 0 Å². The molecule has 1 aliphatic rings. The first-order valence-corrected chi connectivity index (χ1v) is 7.63. The second-order valence-corrected chi connectivity index (χ2v) is 5.50. The van der Waals surface area contributed by atoms with E-state index in [1.165, 1.54) is 6.07 Å². The van der Waals surface area contributed by atoms with Crippen molar-refractivity contribution < 1.29 is 14.2 Å². The van der Waals surface area contributed by atoms with Crippen molar-refractivity contribution in [2.75, 3.05) is 45.9 Å². The number of hydrogen-bond acceptors (Lipinski definition) is 4. The van der Waals surface area contributed by atoms with E-state index in [4.69, 9.17) is 4.74 Å². The predicted molar refractivity (Wildman–Crippen MR) is 80.6 cm³/mol. The minimum absolute atomic E-state index is 0.202. The molecule has 1 unspecified atom stereocenters. The number of rotatable bonds is 7. The summed E-state index contributed by atoms with van der Waals surface area (Å²) < 4.78 is 18.8. The number of aliphatic hydroxyl groups is 1. The maximum absolute atomic E-state index is 13.4. The van der Waals surface area contributed by atoms with Crippen molar-refractivity contribution in [3.63, 3.8) is 0 Å². The lowest BCUT2D eigenvalue weighted by Gasteiger charge is -2.34. The second-order valence-electron chi connectivity index (χ2n) is 5.50. The van der Waals surface area contributed by atoms with E-state index in [-0.39, 0.29) is 19.0 Å². The van der Waals surface area contributed by atoms with Gasteiger partial charge in [0.25, 0.3) is 0 Å². The zero-order valence-electron chi connectivity index (χ0n) is 12.7. The van der Waals surface area contributed by atoms with Gasteiger partial charge in [0.05, 0.1) is 19.3 Å². The summed E-state index contributed by atoms with van der Waals surface area (Å²) in [6.45, 7) is 8.39. The molecule has 118 valence electrons. The van der Waals surface area contributed by atoms with E-state index in [2.05, 4.69) is 16.7 Å². The van der Waals surface area contributed by atoms with Gasteiger partial charge in [-0.2, -0.15) is 0 Å². The minimum atomic E-state index is -0.523. The van der Waals surface area contributed by atoms with Crippen LogP contribution in [0, 0.1) is 5.82 Å². The van der Waals surface area contributed by atoms with Gasteiger partial charge in [-0.3, -0.25) is 4.90 Å². The molecular weight excluding hydrogens is 271 g/mol. The number of benzene rings is 1. The van der Waals surface area contributed by atoms with Crippen molar-refractivity contribution in [3.8, 4) is 0 Å². The van der Waals surface area contributed by atoms with Gasteiger partial charge in [-0.05, 0) is 12.6 Å². The molecule has 0 aliphatic carbocycles. The second kappa shape index (κ2) is 8.44. The van der Waals surface area contributed by atoms with E-state index >= 15 is 0 Å². The molecule has 0 radical (unpaired) electrons. The third kappa shape index (κ3) is 5.36. The molecule has 2 rings (SSSR count). The van der Waals surface area contributed by atoms with Crippen molar-refractivity contribution in [1.29, 1.82) is 0 Å². The highest BCUT2D eigenvalue weighted by Gasteiger charge is 2.18. The van der Waals surface area contributed by atoms with Crippen molar-refractivity contribution in [2.24, 2.45) is 0 Å². The largest absolute Gasteiger partial charge is 0.389 e. The van der Waals surface area contributed by atoms with E-state index < -0.39 is 6.10 Å². The van der Waals surface area contributed by atoms with Gasteiger partial charge in [-0.25, -0.2) is 4.39 Å². The van der Waals surface area contributed by atoms with Crippen LogP contribution >= 0.6 is 0 Å². The standard InChI is InChI=1S/C16H25FN2O2/c1-2-18-7-9-19(10-8-18)11-15(20)13-21-12-14-5-3-4-6-16(14)17/h3-6,15,20H,2,7-13H2,1H3. The smallest absolute Gasteiger partial charge is 0.128 e. The van der Waals surface area contributed by atoms with Crippen LogP contribution in [-0.4, -0.2) is 66.9 Å². The maximum atomic E-state index is 13.4. The van der Waals surface area contributed by atoms with Crippen LogP contribution in [0.4, 0.5) is 4.39 Å². The Morgan fingerprint density at radius 2 is 1.86 bits per heavy atom. The van der Waals surface area contributed by atoms with Crippen LogP contribution in [0.3, 0.4) is 0 Å². The molecule has 4 nitrogen and oxygen atoms in total. The van der Waals surface area contributed by atoms with Gasteiger partial charge in [0.2, 0.25) is 0 Å². The Bertz CT molecular complexity index is 422. The van der Waals surface area contributed by atoms with Crippen molar-refractivity contribution in [3.05, 3.63) is 35.6 Å². The molecular formula is C16H25FN2O2. The molecule has 0 spiro atoms. The molecule has 0 bridgehead atoms. The SMILES string of the molecule is CCN1CCN(CC(O)COCc2ccccc2F)CC1. The predicted octanol–water partition coefficient (Wildman–Crippen LogP) is 1.34. The highest BCUT2D eigenvalue weighted by molar-refractivity contribution is 5.16. The summed E-state index contributed by atoms with van der Waals surface area (Å²) in [5.74, 6) is -0.261. The van der Waals surface area contributed by atoms with Crippen molar-refractivity contribution in [2.45, 2.75) is 19.6 Å². The number of ether oxygens (including phenoxy) is 1. The summed E-state index contributed by atoms with van der Waals surface area (Å²) in [4.78, 5) is 4.65. The molecule has 5 heteroatoms. The summed E-state index contributed by atoms with van der Waals surface area (Å²) in [6, 6.07) is 6.56. The van der Waals surface area contributed by atoms with Gasteiger partial charge >= 0.3 is 0 Å². The first-order valence-electron chi connectivity index (χ1n) is 7.63. The van der Waals surface area contributed by atoms with Crippen LogP contribution in [0.2, 0.25) is 0 Å². The van der Waals surface area contributed by atoms with Gasteiger partial charge < -0.3 is 14.7 Å². The summed E-state index contributed by atoms with van der Waals surface area (Å²) in [7, 11) is 0. The Balaban J connectivity index is 1.64. The van der Waals surface area contributed by atoms with Gasteiger partial charge in [0.1, 0.15) is 5.82 Å². The van der Waals surface area contributed by atoms with Gasteiger partial charge in [-0.1, -0.05) is 25.1 Å². The minimum Gasteiger partial charge on any atom is -0.389 e. The Morgan fingerprint density at radius 1 is 1.19 bits per heavy atom. The molecule has 1 atom stereocenters. The van der Waals surface area contributed by atoms with Crippen LogP contribution in [0.15, 0.2) is 24.3 Å². The normalized spacial score (nSPS) is 18.8. The number of aliphatic hydroxyl groups excluding tert-OH is 1. The van der Waals surface area contributed by atoms with Gasteiger partial charge in [-0.15, -0.1) is 0 Å². The third-order valence-corrected chi connectivity index (χ3v) is 3.91. The third-order valence-electron chi connectivity index (χ3n) is 3.91. The zero-order valence-corrected chi connectivity index (χ0v) is 12.7. The van der Waals surface area contributed by atoms with Crippen LogP contribution in [0.25, 0.3) is 0 Å². The summed E-state index contributed by atoms with van der Waals surface area (Å²) >= 11 is 0. The lowest BCUT2D eigenvalue weighted by molar-refractivity contribution is 0.00113. The lowest BCUT2D eigenvalue weighted by atomic mass is 10.2. The highest BCUT2D eigenvalue weighted by atomic mass is 19.1. The van der Waals surface area contributed by atoms with Gasteiger partial charge in [0.15, 0.2) is 0 Å². The van der Waals surface area contributed by atoms with Gasteiger partial charge in [0, 0.05) is 38.3 Å². The Hall–Kier alpha value is -1.01. The number of likely N-dealkylation sites (N-methyl/N-ethyl adjacent to an activating group) is 1. The number of piperazine rings is 1. The maximum Gasteiger partial charge on any atom is 0.128 e. The summed E-state index contributed by atoms with van der Waals surface area (Å²) in [5.41, 5.74) is 0.529. The topological polar surface area (TPSA) is 35.9 Å². The van der Waals surface area contributed by atoms with E-state index in [1.54, 1.807) is 18.2 Å². The molecule has 1 aliphatic heterocycles. The number of halogens is 1. The first-order chi connectivity index (χ1) is 10.2. The molecule has 0 amide bonds. The fraction of sp³-hybridized carbons (Fsp3) is 0.625. The lowest BCUT2D eigenvalue weighted by Crippen LogP contribution is -2.48. The number of hydrogen-bond donors (Lipinski definition) is 1. The molecule has 21 heavy (non-hydrogen) atoms. The van der Waals surface area contributed by atoms with Crippen molar-refractivity contribution in [1.82, 2.24) is 9.80 Å². The fourth-order valence-corrected chi connectivity index (χ4v) is 2.56. The molecule has 0 saturated carbocycles. The zero-order chi connectivity index (χ0) is 15.1. The molecule has 1 fully saturated rings. The van der Waals surface area contributed by atoms with E-state index in [0.29, 0.717) is 12.1 Å². The summed E-state index contributed by atoms with van der Waals surface area (Å²) in [6.07, 6.45) is -0.523. The Labute approximate surface area is 126 Å². The molecule has 1 aromatic rings. The quantitative estimate of drug-likeness (QED) is 0.824. The van der Waals surface area contributed by atoms with Crippen LogP contribution in [-0.2, 0) is 11.3 Å². The monoisotopic (exact) mass is 296 g/mol. The average molecular weight is 296 g/mol. The molecule has 1 heterocycles. The van der Waals surface area contributed by atoms with E-state index in [0.717, 1.165) is 32.7 Å². The van der Waals surface area contributed by atoms with Crippen LogP contribution < -0.4 is 0 Å². The fourth-order valence-electron chi connectivity index (χ4n) is 2.56. The number of β-amino-alcohol motifs (C(OH)–C–C–N with tert-alkyl or cyclic N) is 1. The Kier molecular flexibility index (Phi) is 6.57. The number of nitrogens with zero attached hydrogens (tertiary/aromatic N) is 2. The molecule has 1 N–H and O–H groups in total. The average Bonchev–Trinajstić information content (AvgIpc) is 2.50. The highest BCUT2D eigenvalue weighted by Crippen LogP contribution is 2.08. The molecule has 1 aromatic carbocycles. The van der Waals surface area contributed by atoms with E-state index in [1.807, 2.05) is 0 Å². The molecule has 0 aromatic heterocycles. The van der Waals surface area contributed by atoms with E-state index in [9.17, 15) is 9.50 Å². The van der Waals surface area contributed by atoms with Crippen LogP contribution in [0.1, 0.15) is 12.5 Å². The Morgan fingerprint density at radius 3 is 2.52 bits per heavy atom.